The molecule has 2 aliphatic rings. The van der Waals surface area contributed by atoms with Gasteiger partial charge in [-0.1, -0.05) is 12.2 Å². The van der Waals surface area contributed by atoms with Crippen molar-refractivity contribution in [3.05, 3.63) is 12.2 Å². The number of nitrogens with zero attached hydrogens (tertiary/aromatic N) is 2. The first kappa shape index (κ1) is 11.3. The molecule has 0 heterocycles. The van der Waals surface area contributed by atoms with E-state index < -0.39 is 28.3 Å². The van der Waals surface area contributed by atoms with Crippen molar-refractivity contribution in [2.75, 3.05) is 0 Å². The highest BCUT2D eigenvalue weighted by atomic mass is 35.5. The Morgan fingerprint density at radius 1 is 1.19 bits per heavy atom. The normalized spacial score (nSPS) is 39.4. The predicted molar refractivity (Wildman–Crippen MR) is 49.0 cm³/mol. The summed E-state index contributed by atoms with van der Waals surface area (Å²) in [6.07, 6.45) is -1.81. The lowest BCUT2D eigenvalue weighted by Gasteiger charge is -2.39. The van der Waals surface area contributed by atoms with Crippen molar-refractivity contribution in [3.63, 3.8) is 0 Å². The second kappa shape index (κ2) is 2.93. The molecule has 2 bridgehead atoms. The van der Waals surface area contributed by atoms with Crippen molar-refractivity contribution in [3.8, 4) is 12.1 Å². The van der Waals surface area contributed by atoms with Gasteiger partial charge in [0.15, 0.2) is 10.3 Å². The quantitative estimate of drug-likeness (QED) is 0.487. The van der Waals surface area contributed by atoms with Crippen molar-refractivity contribution in [2.24, 2.45) is 17.3 Å². The number of rotatable bonds is 0. The molecule has 0 saturated heterocycles. The fourth-order valence-corrected chi connectivity index (χ4v) is 3.05. The molecule has 0 aliphatic heterocycles. The van der Waals surface area contributed by atoms with Crippen LogP contribution in [0.3, 0.4) is 0 Å². The second-order valence-electron chi connectivity index (χ2n) is 4.07. The molecule has 16 heavy (non-hydrogen) atoms. The van der Waals surface area contributed by atoms with Crippen LogP contribution in [0.2, 0.25) is 0 Å². The first-order valence-corrected chi connectivity index (χ1v) is 4.97. The van der Waals surface area contributed by atoms with E-state index in [1.807, 2.05) is 0 Å². The zero-order valence-electron chi connectivity index (χ0n) is 7.92. The Hall–Kier alpha value is -1.20. The molecule has 2 rings (SSSR count). The Kier molecular flexibility index (Phi) is 2.06. The molecule has 2 nitrogen and oxygen atoms in total. The number of nitriles is 2. The van der Waals surface area contributed by atoms with Gasteiger partial charge in [0.25, 0.3) is 0 Å². The minimum atomic E-state index is -4.77. The molecule has 0 amide bonds. The van der Waals surface area contributed by atoms with Gasteiger partial charge < -0.3 is 0 Å². The third-order valence-corrected chi connectivity index (χ3v) is 4.28. The van der Waals surface area contributed by atoms with Crippen molar-refractivity contribution in [2.45, 2.75) is 17.5 Å². The zero-order chi connectivity index (χ0) is 12.2. The van der Waals surface area contributed by atoms with Gasteiger partial charge in [0, 0.05) is 11.8 Å². The highest BCUT2D eigenvalue weighted by molar-refractivity contribution is 6.26. The van der Waals surface area contributed by atoms with E-state index in [0.717, 1.165) is 0 Å². The Labute approximate surface area is 94.9 Å². The van der Waals surface area contributed by atoms with Crippen LogP contribution >= 0.6 is 11.6 Å². The Balaban J connectivity index is 2.67. The molecule has 0 spiro atoms. The third kappa shape index (κ3) is 0.929. The molecule has 0 radical (unpaired) electrons. The summed E-state index contributed by atoms with van der Waals surface area (Å²) in [6, 6.07) is 2.98. The summed E-state index contributed by atoms with van der Waals surface area (Å²) >= 11 is 5.65. The van der Waals surface area contributed by atoms with Gasteiger partial charge in [-0.2, -0.15) is 23.7 Å². The fourth-order valence-electron chi connectivity index (χ4n) is 2.66. The molecule has 2 aliphatic carbocycles. The molecule has 6 heteroatoms. The highest BCUT2D eigenvalue weighted by Gasteiger charge is 2.77. The molecule has 0 aromatic heterocycles. The van der Waals surface area contributed by atoms with Gasteiger partial charge >= 0.3 is 6.18 Å². The number of hydrogen-bond donors (Lipinski definition) is 0. The van der Waals surface area contributed by atoms with E-state index in [1.54, 1.807) is 0 Å². The first-order chi connectivity index (χ1) is 7.33. The third-order valence-electron chi connectivity index (χ3n) is 3.49. The van der Waals surface area contributed by atoms with E-state index in [0.29, 0.717) is 0 Å². The highest BCUT2D eigenvalue weighted by Crippen LogP contribution is 2.66. The maximum Gasteiger partial charge on any atom is 0.410 e. The largest absolute Gasteiger partial charge is 0.410 e. The molecule has 3 atom stereocenters. The van der Waals surface area contributed by atoms with Crippen LogP contribution in [0.5, 0.6) is 0 Å². The zero-order valence-corrected chi connectivity index (χ0v) is 8.68. The number of allylic oxidation sites excluding steroid dienone is 2. The average molecular weight is 247 g/mol. The molecular formula is C10H6ClF3N2. The van der Waals surface area contributed by atoms with Crippen LogP contribution in [0.25, 0.3) is 0 Å². The number of fused-ring (bicyclic) bond motifs is 2. The van der Waals surface area contributed by atoms with Gasteiger partial charge in [0.2, 0.25) is 0 Å². The van der Waals surface area contributed by atoms with Crippen molar-refractivity contribution in [1.82, 2.24) is 0 Å². The summed E-state index contributed by atoms with van der Waals surface area (Å²) in [7, 11) is 0. The van der Waals surface area contributed by atoms with Gasteiger partial charge in [0.05, 0.1) is 12.1 Å². The monoisotopic (exact) mass is 246 g/mol. The Morgan fingerprint density at radius 3 is 2.06 bits per heavy atom. The minimum absolute atomic E-state index is 0.115. The van der Waals surface area contributed by atoms with Crippen LogP contribution in [-0.4, -0.2) is 11.1 Å². The molecular weight excluding hydrogens is 241 g/mol. The van der Waals surface area contributed by atoms with Gasteiger partial charge in [-0.3, -0.25) is 0 Å². The topological polar surface area (TPSA) is 47.6 Å². The number of alkyl halides is 4. The molecule has 0 unspecified atom stereocenters. The Bertz CT molecular complexity index is 428. The summed E-state index contributed by atoms with van der Waals surface area (Å²) in [5.74, 6) is -1.72. The average Bonchev–Trinajstić information content (AvgIpc) is 2.75. The van der Waals surface area contributed by atoms with Crippen LogP contribution < -0.4 is 0 Å². The second-order valence-corrected chi connectivity index (χ2v) is 4.67. The first-order valence-electron chi connectivity index (χ1n) is 4.60. The lowest BCUT2D eigenvalue weighted by Crippen LogP contribution is -2.55. The predicted octanol–water partition coefficient (Wildman–Crippen LogP) is 2.77. The van der Waals surface area contributed by atoms with E-state index in [-0.39, 0.29) is 6.42 Å². The minimum Gasteiger partial charge on any atom is -0.196 e. The molecule has 1 saturated carbocycles. The van der Waals surface area contributed by atoms with Crippen molar-refractivity contribution >= 4 is 11.6 Å². The molecule has 1 fully saturated rings. The van der Waals surface area contributed by atoms with E-state index in [9.17, 15) is 13.2 Å². The summed E-state index contributed by atoms with van der Waals surface area (Å²) in [4.78, 5) is -2.77. The molecule has 0 aromatic rings. The fraction of sp³-hybridized carbons (Fsp3) is 0.600. The van der Waals surface area contributed by atoms with E-state index in [4.69, 9.17) is 22.1 Å². The smallest absolute Gasteiger partial charge is 0.196 e. The van der Waals surface area contributed by atoms with Gasteiger partial charge in [-0.15, -0.1) is 11.6 Å². The van der Waals surface area contributed by atoms with Crippen molar-refractivity contribution < 1.29 is 13.2 Å². The lowest BCUT2D eigenvalue weighted by molar-refractivity contribution is -0.181. The summed E-state index contributed by atoms with van der Waals surface area (Å²) in [5.41, 5.74) is -2.20. The van der Waals surface area contributed by atoms with Gasteiger partial charge in [-0.25, -0.2) is 0 Å². The SMILES string of the molecule is N#CC1(C#N)[C@H]2C=C[C@@H](C2)[C@]1(Cl)C(F)(F)F. The van der Waals surface area contributed by atoms with Crippen molar-refractivity contribution in [1.29, 1.82) is 10.5 Å². The molecule has 84 valence electrons. The summed E-state index contributed by atoms with van der Waals surface area (Å²) in [5, 5.41) is 17.9. The van der Waals surface area contributed by atoms with Crippen LogP contribution in [-0.2, 0) is 0 Å². The number of halogens is 4. The standard InChI is InChI=1S/C10H6ClF3N2/c11-9(10(12,13)14)7-2-1-6(3-7)8(9,4-15)5-16/h1-2,6-7H,3H2/t6-,7-,9+/m0/s1. The number of hydrogen-bond acceptors (Lipinski definition) is 2. The summed E-state index contributed by atoms with van der Waals surface area (Å²) < 4.78 is 39.0. The maximum atomic E-state index is 13.0. The van der Waals surface area contributed by atoms with Crippen LogP contribution in [0, 0.1) is 39.9 Å². The van der Waals surface area contributed by atoms with Crippen LogP contribution in [0.4, 0.5) is 13.2 Å². The Morgan fingerprint density at radius 2 is 1.69 bits per heavy atom. The van der Waals surface area contributed by atoms with Gasteiger partial charge in [-0.05, 0) is 6.42 Å². The lowest BCUT2D eigenvalue weighted by atomic mass is 9.69. The summed E-state index contributed by atoms with van der Waals surface area (Å²) in [6.45, 7) is 0. The van der Waals surface area contributed by atoms with Gasteiger partial charge in [0.1, 0.15) is 0 Å². The van der Waals surface area contributed by atoms with Crippen LogP contribution in [0.1, 0.15) is 6.42 Å². The maximum absolute atomic E-state index is 13.0. The molecule has 0 N–H and O–H groups in total. The van der Waals surface area contributed by atoms with E-state index in [2.05, 4.69) is 0 Å². The van der Waals surface area contributed by atoms with E-state index >= 15 is 0 Å². The van der Waals surface area contributed by atoms with E-state index in [1.165, 1.54) is 24.3 Å². The van der Waals surface area contributed by atoms with Crippen LogP contribution in [0.15, 0.2) is 12.2 Å². The molecule has 0 aromatic carbocycles.